The van der Waals surface area contributed by atoms with Crippen molar-refractivity contribution in [2.45, 2.75) is 23.7 Å². The average Bonchev–Trinajstić information content (AvgIpc) is 3.39. The lowest BCUT2D eigenvalue weighted by atomic mass is 10.2. The Labute approximate surface area is 171 Å². The van der Waals surface area contributed by atoms with Crippen LogP contribution in [0.5, 0.6) is 0 Å². The topological polar surface area (TPSA) is 94.0 Å². The number of benzene rings is 1. The van der Waals surface area contributed by atoms with E-state index < -0.39 is 21.6 Å². The summed E-state index contributed by atoms with van der Waals surface area (Å²) in [5.74, 6) is -0.424. The molecule has 1 aliphatic carbocycles. The first-order valence-electron chi connectivity index (χ1n) is 8.73. The number of carbonyl (C=O) groups is 1. The molecule has 10 heteroatoms. The quantitative estimate of drug-likeness (QED) is 0.662. The van der Waals surface area contributed by atoms with Crippen LogP contribution in [0, 0.1) is 5.82 Å². The van der Waals surface area contributed by atoms with Gasteiger partial charge in [-0.2, -0.15) is 0 Å². The van der Waals surface area contributed by atoms with Crippen LogP contribution in [0.1, 0.15) is 34.8 Å². The molecule has 0 spiro atoms. The molecule has 1 amide bonds. The summed E-state index contributed by atoms with van der Waals surface area (Å²) in [6.07, 6.45) is 6.75. The Hall–Kier alpha value is -2.78. The second-order valence-electron chi connectivity index (χ2n) is 6.90. The number of aromatic nitrogens is 3. The fraction of sp³-hybridized carbons (Fsp3) is 0.211. The number of nitrogens with one attached hydrogen (secondary N) is 1. The van der Waals surface area contributed by atoms with Crippen molar-refractivity contribution in [1.29, 1.82) is 0 Å². The molecule has 1 aromatic carbocycles. The van der Waals surface area contributed by atoms with Crippen molar-refractivity contribution in [3.8, 4) is 5.95 Å². The zero-order valence-electron chi connectivity index (χ0n) is 15.3. The van der Waals surface area contributed by atoms with Crippen LogP contribution >= 0.6 is 11.6 Å². The summed E-state index contributed by atoms with van der Waals surface area (Å²) in [7, 11) is -3.48. The predicted molar refractivity (Wildman–Crippen MR) is 106 cm³/mol. The van der Waals surface area contributed by atoms with Crippen molar-refractivity contribution in [2.75, 3.05) is 11.6 Å². The van der Waals surface area contributed by atoms with Gasteiger partial charge in [0.15, 0.2) is 15.7 Å². The number of nitrogens with zero attached hydrogens (tertiary/aromatic N) is 3. The van der Waals surface area contributed by atoms with E-state index in [0.29, 0.717) is 5.56 Å². The summed E-state index contributed by atoms with van der Waals surface area (Å²) in [5.41, 5.74) is 1.48. The number of sulfone groups is 1. The standard InChI is InChI=1S/C19H16ClFN4O3S/c1-29(27,28)16-6-13(20)5-15(7-16)24-18(26)12-4-17(11-2-3-11)25(10-12)19-22-8-14(21)9-23-19/h4-11H,2-3H2,1H3,(H,24,26). The number of carbonyl (C=O) groups excluding carboxylic acids is 1. The van der Waals surface area contributed by atoms with E-state index in [1.807, 2.05) is 0 Å². The summed E-state index contributed by atoms with van der Waals surface area (Å²) in [4.78, 5) is 20.7. The first-order valence-corrected chi connectivity index (χ1v) is 11.0. The minimum absolute atomic E-state index is 0.0104. The second-order valence-corrected chi connectivity index (χ2v) is 9.35. The highest BCUT2D eigenvalue weighted by atomic mass is 35.5. The lowest BCUT2D eigenvalue weighted by molar-refractivity contribution is 0.102. The number of amides is 1. The summed E-state index contributed by atoms with van der Waals surface area (Å²) in [6, 6.07) is 5.87. The van der Waals surface area contributed by atoms with Crippen molar-refractivity contribution >= 4 is 33.0 Å². The third-order valence-electron chi connectivity index (χ3n) is 4.49. The second kappa shape index (κ2) is 7.23. The van der Waals surface area contributed by atoms with Gasteiger partial charge in [-0.1, -0.05) is 11.6 Å². The highest BCUT2D eigenvalue weighted by Gasteiger charge is 2.29. The van der Waals surface area contributed by atoms with Gasteiger partial charge in [0, 0.05) is 28.9 Å². The van der Waals surface area contributed by atoms with Gasteiger partial charge in [0.25, 0.3) is 5.91 Å². The Morgan fingerprint density at radius 3 is 2.52 bits per heavy atom. The first kappa shape index (κ1) is 19.5. The van der Waals surface area contributed by atoms with Crippen molar-refractivity contribution in [3.05, 3.63) is 65.0 Å². The number of hydrogen-bond donors (Lipinski definition) is 1. The van der Waals surface area contributed by atoms with E-state index in [4.69, 9.17) is 11.6 Å². The van der Waals surface area contributed by atoms with Crippen LogP contribution in [-0.4, -0.2) is 35.1 Å². The number of hydrogen-bond acceptors (Lipinski definition) is 5. The molecule has 150 valence electrons. The molecule has 29 heavy (non-hydrogen) atoms. The number of anilines is 1. The number of rotatable bonds is 5. The molecule has 1 aliphatic rings. The molecule has 0 saturated heterocycles. The third-order valence-corrected chi connectivity index (χ3v) is 5.80. The maximum absolute atomic E-state index is 13.1. The Kier molecular flexibility index (Phi) is 4.87. The molecular weight excluding hydrogens is 419 g/mol. The maximum atomic E-state index is 13.1. The molecule has 0 aliphatic heterocycles. The van der Waals surface area contributed by atoms with Gasteiger partial charge in [0.2, 0.25) is 5.95 Å². The molecule has 0 radical (unpaired) electrons. The summed E-state index contributed by atoms with van der Waals surface area (Å²) >= 11 is 5.99. The first-order chi connectivity index (χ1) is 13.7. The monoisotopic (exact) mass is 434 g/mol. The normalized spacial score (nSPS) is 14.0. The molecule has 0 atom stereocenters. The van der Waals surface area contributed by atoms with Crippen molar-refractivity contribution in [3.63, 3.8) is 0 Å². The van der Waals surface area contributed by atoms with Crippen LogP contribution in [0.3, 0.4) is 0 Å². The lowest BCUT2D eigenvalue weighted by Gasteiger charge is -2.07. The minimum Gasteiger partial charge on any atom is -0.322 e. The maximum Gasteiger partial charge on any atom is 0.257 e. The van der Waals surface area contributed by atoms with E-state index in [2.05, 4.69) is 15.3 Å². The molecule has 2 heterocycles. The van der Waals surface area contributed by atoms with Crippen LogP contribution in [0.2, 0.25) is 5.02 Å². The zero-order valence-corrected chi connectivity index (χ0v) is 16.8. The Balaban J connectivity index is 1.65. The Morgan fingerprint density at radius 1 is 1.21 bits per heavy atom. The average molecular weight is 435 g/mol. The van der Waals surface area contributed by atoms with E-state index in [-0.39, 0.29) is 27.5 Å². The molecule has 1 N–H and O–H groups in total. The molecule has 0 unspecified atom stereocenters. The van der Waals surface area contributed by atoms with Gasteiger partial charge in [0.05, 0.1) is 22.9 Å². The van der Waals surface area contributed by atoms with Gasteiger partial charge in [0.1, 0.15) is 0 Å². The molecule has 4 rings (SSSR count). The highest BCUT2D eigenvalue weighted by Crippen LogP contribution is 2.41. The summed E-state index contributed by atoms with van der Waals surface area (Å²) in [6.45, 7) is 0. The van der Waals surface area contributed by atoms with Gasteiger partial charge < -0.3 is 5.32 Å². The van der Waals surface area contributed by atoms with E-state index in [1.165, 1.54) is 18.2 Å². The van der Waals surface area contributed by atoms with Crippen LogP contribution in [0.4, 0.5) is 10.1 Å². The van der Waals surface area contributed by atoms with E-state index >= 15 is 0 Å². The van der Waals surface area contributed by atoms with Crippen molar-refractivity contribution in [2.24, 2.45) is 0 Å². The lowest BCUT2D eigenvalue weighted by Crippen LogP contribution is -2.12. The van der Waals surface area contributed by atoms with Crippen LogP contribution in [0.15, 0.2) is 47.8 Å². The van der Waals surface area contributed by atoms with E-state index in [1.54, 1.807) is 16.8 Å². The fourth-order valence-corrected chi connectivity index (χ4v) is 3.93. The van der Waals surface area contributed by atoms with Crippen molar-refractivity contribution < 1.29 is 17.6 Å². The number of halogens is 2. The molecule has 0 bridgehead atoms. The molecule has 1 saturated carbocycles. The van der Waals surface area contributed by atoms with Gasteiger partial charge in [-0.3, -0.25) is 9.36 Å². The predicted octanol–water partition coefficient (Wildman–Crippen LogP) is 3.59. The van der Waals surface area contributed by atoms with Crippen molar-refractivity contribution in [1.82, 2.24) is 14.5 Å². The molecular formula is C19H16ClFN4O3S. The van der Waals surface area contributed by atoms with E-state index in [9.17, 15) is 17.6 Å². The van der Waals surface area contributed by atoms with Crippen LogP contribution < -0.4 is 5.32 Å². The molecule has 7 nitrogen and oxygen atoms in total. The molecule has 1 fully saturated rings. The highest BCUT2D eigenvalue weighted by molar-refractivity contribution is 7.90. The van der Waals surface area contributed by atoms with Gasteiger partial charge in [-0.15, -0.1) is 0 Å². The SMILES string of the molecule is CS(=O)(=O)c1cc(Cl)cc(NC(=O)c2cc(C3CC3)n(-c3ncc(F)cn3)c2)c1. The van der Waals surface area contributed by atoms with Gasteiger partial charge in [-0.25, -0.2) is 22.8 Å². The third kappa shape index (κ3) is 4.30. The van der Waals surface area contributed by atoms with E-state index in [0.717, 1.165) is 37.2 Å². The Bertz CT molecular complexity index is 1200. The van der Waals surface area contributed by atoms with Gasteiger partial charge >= 0.3 is 0 Å². The molecule has 2 aromatic heterocycles. The van der Waals surface area contributed by atoms with Gasteiger partial charge in [-0.05, 0) is 43.0 Å². The van der Waals surface area contributed by atoms with Crippen LogP contribution in [-0.2, 0) is 9.84 Å². The largest absolute Gasteiger partial charge is 0.322 e. The summed E-state index contributed by atoms with van der Waals surface area (Å²) in [5, 5.41) is 2.86. The molecule has 3 aromatic rings. The Morgan fingerprint density at radius 2 is 1.90 bits per heavy atom. The summed E-state index contributed by atoms with van der Waals surface area (Å²) < 4.78 is 38.4. The smallest absolute Gasteiger partial charge is 0.257 e. The fourth-order valence-electron chi connectivity index (χ4n) is 2.95. The van der Waals surface area contributed by atoms with Crippen LogP contribution in [0.25, 0.3) is 5.95 Å². The zero-order chi connectivity index (χ0) is 20.8. The minimum atomic E-state index is -3.48.